The first-order valence-corrected chi connectivity index (χ1v) is 5.74. The number of amides is 1. The van der Waals surface area contributed by atoms with Crippen LogP contribution in [0.25, 0.3) is 10.8 Å². The smallest absolute Gasteiger partial charge is 0.272 e. The zero-order valence-electron chi connectivity index (χ0n) is 10.3. The van der Waals surface area contributed by atoms with Crippen LogP contribution in [-0.4, -0.2) is 29.3 Å². The molecule has 0 aliphatic heterocycles. The first-order valence-electron chi connectivity index (χ1n) is 5.74. The molecule has 7 nitrogen and oxygen atoms in total. The first kappa shape index (κ1) is 13.0. The van der Waals surface area contributed by atoms with Gasteiger partial charge in [-0.3, -0.25) is 24.6 Å². The second kappa shape index (κ2) is 5.49. The molecule has 1 heterocycles. The number of nitrogens with one attached hydrogen (secondary N) is 3. The monoisotopic (exact) mass is 263 g/mol. The van der Waals surface area contributed by atoms with Gasteiger partial charge in [0, 0.05) is 6.61 Å². The molecule has 7 heteroatoms. The number of rotatable bonds is 4. The lowest BCUT2D eigenvalue weighted by molar-refractivity contribution is -0.120. The highest BCUT2D eigenvalue weighted by molar-refractivity contribution is 6.01. The molecule has 0 unspecified atom stereocenters. The number of aromatic nitrogens is 2. The Kier molecular flexibility index (Phi) is 3.76. The third kappa shape index (κ3) is 2.71. The molecule has 0 radical (unpaired) electrons. The Morgan fingerprint density at radius 2 is 2.00 bits per heavy atom. The van der Waals surface area contributed by atoms with Crippen LogP contribution >= 0.6 is 0 Å². The van der Waals surface area contributed by atoms with E-state index >= 15 is 0 Å². The van der Waals surface area contributed by atoms with Crippen LogP contribution in [0.4, 0.5) is 5.69 Å². The molecule has 1 amide bonds. The summed E-state index contributed by atoms with van der Waals surface area (Å²) in [5, 5.41) is 7.37. The number of anilines is 1. The van der Waals surface area contributed by atoms with Crippen LogP contribution in [-0.2, 0) is 9.53 Å². The quantitative estimate of drug-likeness (QED) is 0.732. The van der Waals surface area contributed by atoms with Crippen LogP contribution in [0, 0.1) is 0 Å². The van der Waals surface area contributed by atoms with E-state index in [4.69, 9.17) is 4.74 Å². The summed E-state index contributed by atoms with van der Waals surface area (Å²) in [5.74, 6) is -0.381. The van der Waals surface area contributed by atoms with E-state index in [0.717, 1.165) is 0 Å². The van der Waals surface area contributed by atoms with E-state index in [1.807, 2.05) is 0 Å². The molecule has 1 aromatic carbocycles. The molecular formula is C12H13N3O4. The van der Waals surface area contributed by atoms with E-state index in [2.05, 4.69) is 15.5 Å². The number of ether oxygens (including phenoxy) is 1. The molecule has 0 bridgehead atoms. The third-order valence-corrected chi connectivity index (χ3v) is 2.54. The minimum absolute atomic E-state index is 0.103. The zero-order chi connectivity index (χ0) is 13.8. The topological polar surface area (TPSA) is 104 Å². The van der Waals surface area contributed by atoms with E-state index in [-0.39, 0.29) is 29.0 Å². The van der Waals surface area contributed by atoms with Crippen molar-refractivity contribution < 1.29 is 9.53 Å². The van der Waals surface area contributed by atoms with Crippen molar-refractivity contribution in [3.63, 3.8) is 0 Å². The summed E-state index contributed by atoms with van der Waals surface area (Å²) in [6.45, 7) is 2.09. The number of hydrogen-bond acceptors (Lipinski definition) is 4. The summed E-state index contributed by atoms with van der Waals surface area (Å²) < 4.78 is 4.97. The lowest BCUT2D eigenvalue weighted by atomic mass is 10.1. The SMILES string of the molecule is CCOCC(=O)Nc1cccc2c(=O)[nH][nH]c(=O)c12. The second-order valence-corrected chi connectivity index (χ2v) is 3.82. The maximum atomic E-state index is 11.7. The van der Waals surface area contributed by atoms with Crippen molar-refractivity contribution in [2.75, 3.05) is 18.5 Å². The van der Waals surface area contributed by atoms with Crippen molar-refractivity contribution in [3.8, 4) is 0 Å². The van der Waals surface area contributed by atoms with Gasteiger partial charge in [0.2, 0.25) is 5.91 Å². The Morgan fingerprint density at radius 3 is 2.74 bits per heavy atom. The lowest BCUT2D eigenvalue weighted by Gasteiger charge is -2.07. The summed E-state index contributed by atoms with van der Waals surface area (Å²) in [6.07, 6.45) is 0. The highest BCUT2D eigenvalue weighted by atomic mass is 16.5. The normalized spacial score (nSPS) is 10.6. The molecule has 2 aromatic rings. The Bertz CT molecular complexity index is 717. The van der Waals surface area contributed by atoms with Gasteiger partial charge in [-0.05, 0) is 19.1 Å². The van der Waals surface area contributed by atoms with Gasteiger partial charge in [-0.15, -0.1) is 0 Å². The zero-order valence-corrected chi connectivity index (χ0v) is 10.3. The summed E-state index contributed by atoms with van der Waals surface area (Å²) in [6, 6.07) is 4.66. The van der Waals surface area contributed by atoms with Gasteiger partial charge in [0.05, 0.1) is 16.5 Å². The fourth-order valence-corrected chi connectivity index (χ4v) is 1.71. The Hall–Kier alpha value is -2.41. The first-order chi connectivity index (χ1) is 9.13. The molecule has 0 spiro atoms. The van der Waals surface area contributed by atoms with E-state index < -0.39 is 11.1 Å². The van der Waals surface area contributed by atoms with Crippen LogP contribution in [0.3, 0.4) is 0 Å². The molecule has 0 fully saturated rings. The highest BCUT2D eigenvalue weighted by Gasteiger charge is 2.10. The van der Waals surface area contributed by atoms with Gasteiger partial charge in [0.1, 0.15) is 6.61 Å². The van der Waals surface area contributed by atoms with Crippen LogP contribution in [0.5, 0.6) is 0 Å². The van der Waals surface area contributed by atoms with Crippen LogP contribution < -0.4 is 16.4 Å². The second-order valence-electron chi connectivity index (χ2n) is 3.82. The van der Waals surface area contributed by atoms with Gasteiger partial charge in [-0.2, -0.15) is 0 Å². The molecule has 0 aliphatic rings. The highest BCUT2D eigenvalue weighted by Crippen LogP contribution is 2.16. The van der Waals surface area contributed by atoms with Crippen molar-refractivity contribution in [1.29, 1.82) is 0 Å². The number of benzene rings is 1. The van der Waals surface area contributed by atoms with Gasteiger partial charge in [0.15, 0.2) is 0 Å². The Labute approximate surface area is 107 Å². The third-order valence-electron chi connectivity index (χ3n) is 2.54. The average molecular weight is 263 g/mol. The molecule has 0 saturated carbocycles. The number of carbonyl (C=O) groups excluding carboxylic acids is 1. The number of fused-ring (bicyclic) bond motifs is 1. The van der Waals surface area contributed by atoms with Gasteiger partial charge in [-0.1, -0.05) is 6.07 Å². The Morgan fingerprint density at radius 1 is 1.26 bits per heavy atom. The van der Waals surface area contributed by atoms with E-state index in [1.54, 1.807) is 19.1 Å². The number of aromatic amines is 2. The maximum Gasteiger partial charge on any atom is 0.272 e. The van der Waals surface area contributed by atoms with Crippen LogP contribution in [0.2, 0.25) is 0 Å². The van der Waals surface area contributed by atoms with Crippen LogP contribution in [0.15, 0.2) is 27.8 Å². The van der Waals surface area contributed by atoms with Crippen molar-refractivity contribution in [2.45, 2.75) is 6.92 Å². The molecule has 0 atom stereocenters. The lowest BCUT2D eigenvalue weighted by Crippen LogP contribution is -2.23. The van der Waals surface area contributed by atoms with Crippen molar-refractivity contribution >= 4 is 22.4 Å². The van der Waals surface area contributed by atoms with Gasteiger partial charge in [-0.25, -0.2) is 0 Å². The van der Waals surface area contributed by atoms with Gasteiger partial charge in [0.25, 0.3) is 11.1 Å². The number of H-pyrrole nitrogens is 2. The van der Waals surface area contributed by atoms with Gasteiger partial charge < -0.3 is 10.1 Å². The van der Waals surface area contributed by atoms with Crippen molar-refractivity contribution in [3.05, 3.63) is 38.9 Å². The van der Waals surface area contributed by atoms with Crippen molar-refractivity contribution in [2.24, 2.45) is 0 Å². The average Bonchev–Trinajstić information content (AvgIpc) is 2.41. The molecular weight excluding hydrogens is 250 g/mol. The summed E-state index contributed by atoms with van der Waals surface area (Å²) in [7, 11) is 0. The number of hydrogen-bond donors (Lipinski definition) is 3. The van der Waals surface area contributed by atoms with E-state index in [1.165, 1.54) is 6.07 Å². The summed E-state index contributed by atoms with van der Waals surface area (Å²) in [4.78, 5) is 34.9. The Balaban J connectivity index is 2.44. The predicted molar refractivity (Wildman–Crippen MR) is 70.3 cm³/mol. The summed E-state index contributed by atoms with van der Waals surface area (Å²) in [5.41, 5.74) is -0.605. The summed E-state index contributed by atoms with van der Waals surface area (Å²) >= 11 is 0. The molecule has 0 saturated heterocycles. The van der Waals surface area contributed by atoms with E-state index in [0.29, 0.717) is 6.61 Å². The minimum atomic E-state index is -0.470. The van der Waals surface area contributed by atoms with E-state index in [9.17, 15) is 14.4 Å². The minimum Gasteiger partial charge on any atom is -0.372 e. The molecule has 19 heavy (non-hydrogen) atoms. The molecule has 3 N–H and O–H groups in total. The fraction of sp³-hybridized carbons (Fsp3) is 0.250. The molecule has 1 aromatic heterocycles. The number of carbonyl (C=O) groups is 1. The largest absolute Gasteiger partial charge is 0.372 e. The molecule has 2 rings (SSSR count). The van der Waals surface area contributed by atoms with Crippen LogP contribution in [0.1, 0.15) is 6.92 Å². The standard InChI is InChI=1S/C12H13N3O4/c1-2-19-6-9(16)13-8-5-3-4-7-10(8)12(18)15-14-11(7)17/h3-5H,2,6H2,1H3,(H,13,16)(H,14,17)(H,15,18). The maximum absolute atomic E-state index is 11.7. The van der Waals surface area contributed by atoms with Gasteiger partial charge >= 0.3 is 0 Å². The molecule has 0 aliphatic carbocycles. The molecule has 100 valence electrons. The fourth-order valence-electron chi connectivity index (χ4n) is 1.71. The van der Waals surface area contributed by atoms with Crippen molar-refractivity contribution in [1.82, 2.24) is 10.2 Å². The predicted octanol–water partition coefficient (Wildman–Crippen LogP) is 0.191.